The predicted molar refractivity (Wildman–Crippen MR) is 84.6 cm³/mol. The molecule has 0 atom stereocenters. The lowest BCUT2D eigenvalue weighted by Crippen LogP contribution is -2.33. The van der Waals surface area contributed by atoms with E-state index in [2.05, 4.69) is 0 Å². The van der Waals surface area contributed by atoms with Crippen LogP contribution in [0.3, 0.4) is 0 Å². The number of rotatable bonds is 5. The second-order valence-electron chi connectivity index (χ2n) is 4.97. The van der Waals surface area contributed by atoms with Gasteiger partial charge < -0.3 is 0 Å². The van der Waals surface area contributed by atoms with E-state index in [1.807, 2.05) is 0 Å². The standard InChI is InChI=1S/C16H13Cl3F2/c17-9-16(10-18,12-2-1-3-14(20)7-12)8-11-6-13(19)4-5-15(11)21/h1-7H,8-10H2. The summed E-state index contributed by atoms with van der Waals surface area (Å²) in [5, 5.41) is 0.434. The fourth-order valence-corrected chi connectivity index (χ4v) is 3.23. The van der Waals surface area contributed by atoms with Gasteiger partial charge in [0.2, 0.25) is 0 Å². The first-order chi connectivity index (χ1) is 10.0. The van der Waals surface area contributed by atoms with E-state index in [1.165, 1.54) is 24.3 Å². The van der Waals surface area contributed by atoms with Crippen molar-refractivity contribution in [3.05, 3.63) is 70.2 Å². The number of hydrogen-bond acceptors (Lipinski definition) is 0. The van der Waals surface area contributed by atoms with Crippen LogP contribution >= 0.6 is 34.8 Å². The molecule has 0 radical (unpaired) electrons. The van der Waals surface area contributed by atoms with Gasteiger partial charge in [-0.05, 0) is 47.9 Å². The Morgan fingerprint density at radius 3 is 2.29 bits per heavy atom. The van der Waals surface area contributed by atoms with E-state index in [9.17, 15) is 8.78 Å². The summed E-state index contributed by atoms with van der Waals surface area (Å²) >= 11 is 18.1. The first-order valence-electron chi connectivity index (χ1n) is 6.33. The molecule has 0 saturated carbocycles. The molecule has 2 aromatic carbocycles. The maximum Gasteiger partial charge on any atom is 0.126 e. The third kappa shape index (κ3) is 3.68. The quantitative estimate of drug-likeness (QED) is 0.618. The predicted octanol–water partition coefficient (Wildman–Crippen LogP) is 5.58. The third-order valence-corrected chi connectivity index (χ3v) is 4.74. The van der Waals surface area contributed by atoms with Crippen LogP contribution < -0.4 is 0 Å². The molecule has 0 N–H and O–H groups in total. The molecular weight excluding hydrogens is 337 g/mol. The zero-order valence-corrected chi connectivity index (χ0v) is 13.3. The summed E-state index contributed by atoms with van der Waals surface area (Å²) < 4.78 is 27.4. The smallest absolute Gasteiger partial charge is 0.126 e. The van der Waals surface area contributed by atoms with Gasteiger partial charge >= 0.3 is 0 Å². The van der Waals surface area contributed by atoms with Crippen molar-refractivity contribution in [1.29, 1.82) is 0 Å². The van der Waals surface area contributed by atoms with E-state index in [-0.39, 0.29) is 29.8 Å². The van der Waals surface area contributed by atoms with Gasteiger partial charge in [-0.2, -0.15) is 0 Å². The van der Waals surface area contributed by atoms with Crippen LogP contribution in [-0.2, 0) is 11.8 Å². The van der Waals surface area contributed by atoms with E-state index in [0.29, 0.717) is 16.1 Å². The summed E-state index contributed by atoms with van der Waals surface area (Å²) in [5.74, 6) is -0.466. The minimum Gasteiger partial charge on any atom is -0.207 e. The number of alkyl halides is 2. The van der Waals surface area contributed by atoms with Crippen LogP contribution in [0.5, 0.6) is 0 Å². The van der Waals surface area contributed by atoms with Crippen LogP contribution in [0, 0.1) is 11.6 Å². The number of hydrogen-bond donors (Lipinski definition) is 0. The molecule has 0 heterocycles. The molecule has 0 aromatic heterocycles. The van der Waals surface area contributed by atoms with Crippen molar-refractivity contribution in [3.8, 4) is 0 Å². The molecule has 0 bridgehead atoms. The molecule has 2 aromatic rings. The van der Waals surface area contributed by atoms with Gasteiger partial charge in [-0.1, -0.05) is 23.7 Å². The average Bonchev–Trinajstić information content (AvgIpc) is 2.48. The molecule has 0 nitrogen and oxygen atoms in total. The van der Waals surface area contributed by atoms with Crippen molar-refractivity contribution in [1.82, 2.24) is 0 Å². The van der Waals surface area contributed by atoms with Gasteiger partial charge in [0.05, 0.1) is 0 Å². The van der Waals surface area contributed by atoms with Crippen LogP contribution in [0.15, 0.2) is 42.5 Å². The molecule has 5 heteroatoms. The van der Waals surface area contributed by atoms with Crippen LogP contribution in [0.4, 0.5) is 8.78 Å². The maximum absolute atomic E-state index is 13.9. The lowest BCUT2D eigenvalue weighted by molar-refractivity contribution is 0.507. The molecule has 0 aliphatic rings. The lowest BCUT2D eigenvalue weighted by Gasteiger charge is -2.30. The average molecular weight is 350 g/mol. The number of halogens is 5. The zero-order valence-electron chi connectivity index (χ0n) is 11.1. The lowest BCUT2D eigenvalue weighted by atomic mass is 9.78. The van der Waals surface area contributed by atoms with Crippen LogP contribution in [0.1, 0.15) is 11.1 Å². The first kappa shape index (κ1) is 16.5. The molecule has 0 fully saturated rings. The Balaban J connectivity index is 2.45. The molecular formula is C16H13Cl3F2. The Bertz CT molecular complexity index is 625. The highest BCUT2D eigenvalue weighted by molar-refractivity contribution is 6.30. The van der Waals surface area contributed by atoms with Crippen molar-refractivity contribution in [2.45, 2.75) is 11.8 Å². The fourth-order valence-electron chi connectivity index (χ4n) is 2.25. The van der Waals surface area contributed by atoms with Crippen molar-refractivity contribution >= 4 is 34.8 Å². The van der Waals surface area contributed by atoms with Crippen molar-refractivity contribution in [2.24, 2.45) is 0 Å². The van der Waals surface area contributed by atoms with E-state index in [1.54, 1.807) is 18.2 Å². The van der Waals surface area contributed by atoms with E-state index in [4.69, 9.17) is 34.8 Å². The van der Waals surface area contributed by atoms with Gasteiger partial charge in [0.15, 0.2) is 0 Å². The van der Waals surface area contributed by atoms with Gasteiger partial charge in [0, 0.05) is 22.2 Å². The van der Waals surface area contributed by atoms with Crippen LogP contribution in [0.25, 0.3) is 0 Å². The summed E-state index contributed by atoms with van der Waals surface area (Å²) in [4.78, 5) is 0. The molecule has 2 rings (SSSR count). The largest absolute Gasteiger partial charge is 0.207 e. The third-order valence-electron chi connectivity index (χ3n) is 3.49. The molecule has 0 amide bonds. The van der Waals surface area contributed by atoms with E-state index in [0.717, 1.165) is 0 Å². The van der Waals surface area contributed by atoms with Gasteiger partial charge in [0.25, 0.3) is 0 Å². The maximum atomic E-state index is 13.9. The highest BCUT2D eigenvalue weighted by Crippen LogP contribution is 2.33. The molecule has 0 saturated heterocycles. The zero-order chi connectivity index (χ0) is 15.5. The minimum absolute atomic E-state index is 0.145. The Morgan fingerprint density at radius 2 is 1.67 bits per heavy atom. The highest BCUT2D eigenvalue weighted by atomic mass is 35.5. The van der Waals surface area contributed by atoms with Gasteiger partial charge in [0.1, 0.15) is 11.6 Å². The topological polar surface area (TPSA) is 0 Å². The Kier molecular flexibility index (Phi) is 5.48. The van der Waals surface area contributed by atoms with Gasteiger partial charge in [-0.15, -0.1) is 23.2 Å². The SMILES string of the molecule is Fc1cccc(C(CCl)(CCl)Cc2cc(Cl)ccc2F)c1. The second-order valence-corrected chi connectivity index (χ2v) is 5.94. The first-order valence-corrected chi connectivity index (χ1v) is 7.77. The molecule has 0 aliphatic carbocycles. The minimum atomic E-state index is -0.753. The van der Waals surface area contributed by atoms with Crippen molar-refractivity contribution < 1.29 is 8.78 Å². The monoisotopic (exact) mass is 348 g/mol. The normalized spacial score (nSPS) is 11.7. The second kappa shape index (κ2) is 6.95. The molecule has 21 heavy (non-hydrogen) atoms. The van der Waals surface area contributed by atoms with Crippen molar-refractivity contribution in [2.75, 3.05) is 11.8 Å². The van der Waals surface area contributed by atoms with Crippen LogP contribution in [-0.4, -0.2) is 11.8 Å². The molecule has 0 unspecified atom stereocenters. The van der Waals surface area contributed by atoms with E-state index >= 15 is 0 Å². The van der Waals surface area contributed by atoms with E-state index < -0.39 is 5.41 Å². The summed E-state index contributed by atoms with van der Waals surface area (Å²) in [6.45, 7) is 0. The summed E-state index contributed by atoms with van der Waals surface area (Å²) in [5.41, 5.74) is 0.302. The van der Waals surface area contributed by atoms with Crippen LogP contribution in [0.2, 0.25) is 5.02 Å². The van der Waals surface area contributed by atoms with Gasteiger partial charge in [-0.25, -0.2) is 8.78 Å². The Hall–Kier alpha value is -0.830. The fraction of sp³-hybridized carbons (Fsp3) is 0.250. The number of benzene rings is 2. The highest BCUT2D eigenvalue weighted by Gasteiger charge is 2.32. The summed E-state index contributed by atoms with van der Waals surface area (Å²) in [7, 11) is 0. The molecule has 0 spiro atoms. The molecule has 0 aliphatic heterocycles. The Morgan fingerprint density at radius 1 is 0.952 bits per heavy atom. The summed E-state index contributed by atoms with van der Waals surface area (Å²) in [6.07, 6.45) is 0.246. The Labute approximate surface area is 137 Å². The molecule has 112 valence electrons. The summed E-state index contributed by atoms with van der Waals surface area (Å²) in [6, 6.07) is 10.4. The van der Waals surface area contributed by atoms with Crippen molar-refractivity contribution in [3.63, 3.8) is 0 Å². The van der Waals surface area contributed by atoms with Gasteiger partial charge in [-0.3, -0.25) is 0 Å².